The Morgan fingerprint density at radius 2 is 2.00 bits per heavy atom. The molecule has 0 spiro atoms. The minimum atomic E-state index is -4.60. The number of benzene rings is 1. The minimum absolute atomic E-state index is 0.00340. The maximum atomic E-state index is 14.9. The molecule has 2 aliphatic rings. The number of ether oxygens (including phenoxy) is 1. The van der Waals surface area contributed by atoms with Crippen LogP contribution in [0.15, 0.2) is 35.2 Å². The highest BCUT2D eigenvalue weighted by Gasteiger charge is 2.39. The van der Waals surface area contributed by atoms with E-state index in [4.69, 9.17) is 23.9 Å². The van der Waals surface area contributed by atoms with Crippen LogP contribution in [0, 0.1) is 17.5 Å². The molecule has 2 aliphatic heterocycles. The number of amides is 1. The van der Waals surface area contributed by atoms with Crippen molar-refractivity contribution in [3.8, 4) is 0 Å². The van der Waals surface area contributed by atoms with Crippen molar-refractivity contribution in [3.05, 3.63) is 48.1 Å². The molecule has 4 rings (SSSR count). The van der Waals surface area contributed by atoms with Gasteiger partial charge in [-0.1, -0.05) is 5.16 Å². The molecule has 1 amide bonds. The monoisotopic (exact) mass is 519 g/mol. The SMILES string of the molecule is O=C1C=CN(c2c(F)cc(N3C[C@H](CN(CO[P+](O)(O)O)c4ccon4)OC3=O)c(F)c2F)CC1. The molecule has 0 saturated carbocycles. The van der Waals surface area contributed by atoms with Crippen LogP contribution >= 0.6 is 8.17 Å². The first kappa shape index (κ1) is 24.9. The molecule has 2 aromatic rings. The number of rotatable bonds is 8. The standard InChI is InChI=1S/C19H19F3N4O8P/c20-13-7-14(16(21)17(22)18(13)24-4-1-11(27)2-5-24)26-9-12(34-19(26)28)8-25(10-33-35(29,30)31)15-3-6-32-23-15/h1,3-4,6-7,12,29-31H,2,5,8-10H2/q+1/t12-/m0/s1. The first-order valence-electron chi connectivity index (χ1n) is 10.0. The second-order valence-corrected chi connectivity index (χ2v) is 8.83. The lowest BCUT2D eigenvalue weighted by Gasteiger charge is -2.25. The zero-order valence-corrected chi connectivity index (χ0v) is 18.6. The lowest BCUT2D eigenvalue weighted by atomic mass is 10.1. The number of carbonyl (C=O) groups excluding carboxylic acids is 2. The van der Waals surface area contributed by atoms with Crippen molar-refractivity contribution in [3.63, 3.8) is 0 Å². The molecule has 1 aromatic heterocycles. The van der Waals surface area contributed by atoms with Gasteiger partial charge in [0.2, 0.25) is 0 Å². The summed E-state index contributed by atoms with van der Waals surface area (Å²) in [5.74, 6) is -4.30. The first-order valence-corrected chi connectivity index (χ1v) is 11.6. The molecule has 1 aromatic carbocycles. The van der Waals surface area contributed by atoms with Crippen LogP contribution in [-0.2, 0) is 14.1 Å². The summed E-state index contributed by atoms with van der Waals surface area (Å²) >= 11 is 0. The molecule has 0 bridgehead atoms. The number of nitrogens with zero attached hydrogens (tertiary/aromatic N) is 4. The van der Waals surface area contributed by atoms with Crippen molar-refractivity contribution in [2.45, 2.75) is 12.5 Å². The number of aromatic nitrogens is 1. The van der Waals surface area contributed by atoms with E-state index in [-0.39, 0.29) is 37.7 Å². The van der Waals surface area contributed by atoms with Crippen LogP contribution in [-0.4, -0.2) is 64.2 Å². The first-order chi connectivity index (χ1) is 16.5. The molecule has 0 aliphatic carbocycles. The van der Waals surface area contributed by atoms with Crippen molar-refractivity contribution >= 4 is 37.2 Å². The van der Waals surface area contributed by atoms with Crippen LogP contribution in [0.4, 0.5) is 35.2 Å². The molecule has 3 heterocycles. The highest BCUT2D eigenvalue weighted by atomic mass is 31.2. The number of anilines is 3. The summed E-state index contributed by atoms with van der Waals surface area (Å²) in [6.07, 6.45) is 1.37. The van der Waals surface area contributed by atoms with Crippen molar-refractivity contribution in [2.75, 3.05) is 41.1 Å². The van der Waals surface area contributed by atoms with E-state index in [1.54, 1.807) is 0 Å². The van der Waals surface area contributed by atoms with E-state index in [1.165, 1.54) is 17.2 Å². The van der Waals surface area contributed by atoms with Gasteiger partial charge in [-0.2, -0.15) is 14.7 Å². The Balaban J connectivity index is 1.53. The van der Waals surface area contributed by atoms with Crippen LogP contribution in [0.3, 0.4) is 0 Å². The van der Waals surface area contributed by atoms with Gasteiger partial charge < -0.3 is 19.1 Å². The Labute approximate surface area is 196 Å². The van der Waals surface area contributed by atoms with Crippen LogP contribution in [0.25, 0.3) is 0 Å². The third kappa shape index (κ3) is 5.55. The van der Waals surface area contributed by atoms with Gasteiger partial charge in [0.1, 0.15) is 18.1 Å². The molecule has 35 heavy (non-hydrogen) atoms. The maximum absolute atomic E-state index is 14.9. The molecule has 0 radical (unpaired) electrons. The van der Waals surface area contributed by atoms with Gasteiger partial charge in [-0.15, -0.1) is 4.52 Å². The molecule has 1 saturated heterocycles. The largest absolute Gasteiger partial charge is 0.569 e. The van der Waals surface area contributed by atoms with Crippen LogP contribution in [0.2, 0.25) is 0 Å². The van der Waals surface area contributed by atoms with Gasteiger partial charge in [0, 0.05) is 31.3 Å². The number of hydrogen-bond acceptors (Lipinski definition) is 11. The third-order valence-corrected chi connectivity index (χ3v) is 5.63. The van der Waals surface area contributed by atoms with Crippen LogP contribution in [0.1, 0.15) is 6.42 Å². The van der Waals surface area contributed by atoms with E-state index in [0.29, 0.717) is 11.0 Å². The van der Waals surface area contributed by atoms with Crippen molar-refractivity contribution < 1.29 is 51.2 Å². The quantitative estimate of drug-likeness (QED) is 0.267. The van der Waals surface area contributed by atoms with E-state index in [9.17, 15) is 22.8 Å². The van der Waals surface area contributed by atoms with Gasteiger partial charge in [0.25, 0.3) is 0 Å². The summed E-state index contributed by atoms with van der Waals surface area (Å²) in [6.45, 7) is -1.19. The molecule has 1 fully saturated rings. The third-order valence-electron chi connectivity index (χ3n) is 5.17. The summed E-state index contributed by atoms with van der Waals surface area (Å²) in [4.78, 5) is 53.9. The average molecular weight is 519 g/mol. The predicted octanol–water partition coefficient (Wildman–Crippen LogP) is 1.85. The Morgan fingerprint density at radius 3 is 2.63 bits per heavy atom. The molecule has 1 atom stereocenters. The fourth-order valence-corrected chi connectivity index (χ4v) is 3.86. The normalized spacial score (nSPS) is 18.4. The van der Waals surface area contributed by atoms with Gasteiger partial charge in [-0.05, 0) is 6.08 Å². The smallest absolute Gasteiger partial charge is 0.442 e. The van der Waals surface area contributed by atoms with E-state index in [1.807, 2.05) is 0 Å². The predicted molar refractivity (Wildman–Crippen MR) is 113 cm³/mol. The zero-order chi connectivity index (χ0) is 25.3. The summed E-state index contributed by atoms with van der Waals surface area (Å²) in [6, 6.07) is 2.03. The zero-order valence-electron chi connectivity index (χ0n) is 17.8. The Kier molecular flexibility index (Phi) is 6.96. The number of ketones is 1. The second-order valence-electron chi connectivity index (χ2n) is 7.55. The van der Waals surface area contributed by atoms with Gasteiger partial charge in [-0.3, -0.25) is 9.69 Å². The van der Waals surface area contributed by atoms with Crippen LogP contribution in [0.5, 0.6) is 0 Å². The van der Waals surface area contributed by atoms with Crippen LogP contribution < -0.4 is 14.7 Å². The Morgan fingerprint density at radius 1 is 1.23 bits per heavy atom. The molecular formula is C19H19F3N4O8P+. The minimum Gasteiger partial charge on any atom is -0.442 e. The molecule has 3 N–H and O–H groups in total. The van der Waals surface area contributed by atoms with Crippen molar-refractivity contribution in [2.24, 2.45) is 0 Å². The van der Waals surface area contributed by atoms with E-state index in [2.05, 4.69) is 9.68 Å². The average Bonchev–Trinajstić information content (AvgIpc) is 3.44. The van der Waals surface area contributed by atoms with E-state index >= 15 is 0 Å². The highest BCUT2D eigenvalue weighted by molar-refractivity contribution is 7.53. The van der Waals surface area contributed by atoms with E-state index in [0.717, 1.165) is 17.2 Å². The summed E-state index contributed by atoms with van der Waals surface area (Å²) in [7, 11) is -4.60. The Bertz CT molecular complexity index is 1140. The Hall–Kier alpha value is -3.23. The number of hydrogen-bond donors (Lipinski definition) is 3. The second kappa shape index (κ2) is 9.79. The van der Waals surface area contributed by atoms with Gasteiger partial charge in [0.05, 0.1) is 18.8 Å². The van der Waals surface area contributed by atoms with Gasteiger partial charge >= 0.3 is 14.3 Å². The molecule has 12 nitrogen and oxygen atoms in total. The lowest BCUT2D eigenvalue weighted by molar-refractivity contribution is -0.114. The number of carbonyl (C=O) groups is 2. The maximum Gasteiger partial charge on any atom is 0.569 e. The molecule has 16 heteroatoms. The van der Waals surface area contributed by atoms with E-state index < -0.39 is 55.9 Å². The number of cyclic esters (lactones) is 1. The molecule has 0 unspecified atom stereocenters. The van der Waals surface area contributed by atoms with Crippen molar-refractivity contribution in [1.29, 1.82) is 0 Å². The highest BCUT2D eigenvalue weighted by Crippen LogP contribution is 2.45. The fourth-order valence-electron chi connectivity index (χ4n) is 3.57. The molecular weight excluding hydrogens is 500 g/mol. The summed E-state index contributed by atoms with van der Waals surface area (Å²) in [5, 5.41) is 3.65. The number of allylic oxidation sites excluding steroid dienone is 1. The van der Waals surface area contributed by atoms with Gasteiger partial charge in [0.15, 0.2) is 35.8 Å². The molecule has 188 valence electrons. The topological polar surface area (TPSA) is 149 Å². The number of halogens is 3. The lowest BCUT2D eigenvalue weighted by Crippen LogP contribution is -2.37. The van der Waals surface area contributed by atoms with Gasteiger partial charge in [-0.25, -0.2) is 18.0 Å². The summed E-state index contributed by atoms with van der Waals surface area (Å²) < 4.78 is 59.0. The van der Waals surface area contributed by atoms with Crippen molar-refractivity contribution in [1.82, 2.24) is 5.16 Å². The fraction of sp³-hybridized carbons (Fsp3) is 0.316. The summed E-state index contributed by atoms with van der Waals surface area (Å²) in [5.41, 5.74) is -1.39.